The third-order valence-electron chi connectivity index (χ3n) is 6.15. The van der Waals surface area contributed by atoms with Gasteiger partial charge in [-0.15, -0.1) is 11.3 Å². The number of fused-ring (bicyclic) bond motifs is 1. The molecule has 1 aliphatic rings. The molecule has 1 saturated heterocycles. The first kappa shape index (κ1) is 23.9. The summed E-state index contributed by atoms with van der Waals surface area (Å²) in [6, 6.07) is 11.6. The summed E-state index contributed by atoms with van der Waals surface area (Å²) in [7, 11) is 1.32. The average Bonchev–Trinajstić information content (AvgIpc) is 3.48. The zero-order valence-corrected chi connectivity index (χ0v) is 20.4. The Morgan fingerprint density at radius 2 is 2.06 bits per heavy atom. The van der Waals surface area contributed by atoms with Crippen molar-refractivity contribution in [2.45, 2.75) is 19.4 Å². The van der Waals surface area contributed by atoms with E-state index in [-0.39, 0.29) is 24.2 Å². The second kappa shape index (κ2) is 9.68. The number of benzene rings is 1. The number of ether oxygens (including phenoxy) is 2. The second-order valence-corrected chi connectivity index (χ2v) is 9.63. The monoisotopic (exact) mass is 508 g/mol. The Labute approximate surface area is 210 Å². The van der Waals surface area contributed by atoms with Crippen LogP contribution in [0.2, 0.25) is 0 Å². The van der Waals surface area contributed by atoms with E-state index in [0.29, 0.717) is 39.8 Å². The molecule has 4 aromatic rings. The van der Waals surface area contributed by atoms with Crippen LogP contribution in [0.1, 0.15) is 16.1 Å². The molecule has 3 aromatic heterocycles. The molecule has 1 atom stereocenters. The molecule has 0 saturated carbocycles. The molecule has 7 nitrogen and oxygen atoms in total. The molecule has 1 aliphatic heterocycles. The quantitative estimate of drug-likeness (QED) is 0.379. The molecule has 0 aliphatic carbocycles. The number of imidazole rings is 1. The van der Waals surface area contributed by atoms with Crippen molar-refractivity contribution in [3.63, 3.8) is 0 Å². The Hall–Kier alpha value is -3.81. The maximum absolute atomic E-state index is 15.5. The minimum Gasteiger partial charge on any atom is -0.453 e. The summed E-state index contributed by atoms with van der Waals surface area (Å²) < 4.78 is 43.5. The lowest BCUT2D eigenvalue weighted by Gasteiger charge is -2.32. The van der Waals surface area contributed by atoms with Gasteiger partial charge in [0.25, 0.3) is 0 Å². The Kier molecular flexibility index (Phi) is 6.43. The number of carbonyl (C=O) groups is 1. The van der Waals surface area contributed by atoms with Crippen LogP contribution in [0.4, 0.5) is 13.6 Å². The summed E-state index contributed by atoms with van der Waals surface area (Å²) >= 11 is 1.17. The Morgan fingerprint density at radius 1 is 1.28 bits per heavy atom. The minimum atomic E-state index is -0.751. The molecular weight excluding hydrogens is 486 g/mol. The van der Waals surface area contributed by atoms with Crippen LogP contribution in [-0.2, 0) is 15.9 Å². The van der Waals surface area contributed by atoms with Crippen molar-refractivity contribution in [2.75, 3.05) is 26.8 Å². The van der Waals surface area contributed by atoms with Crippen molar-refractivity contribution < 1.29 is 23.0 Å². The van der Waals surface area contributed by atoms with Crippen molar-refractivity contribution in [1.29, 1.82) is 5.26 Å². The average molecular weight is 509 g/mol. The number of aryl methyl sites for hydroxylation is 1. The summed E-state index contributed by atoms with van der Waals surface area (Å²) in [6.45, 7) is 2.94. The maximum atomic E-state index is 15.5. The van der Waals surface area contributed by atoms with Crippen LogP contribution in [0.3, 0.4) is 0 Å². The van der Waals surface area contributed by atoms with Gasteiger partial charge < -0.3 is 18.8 Å². The molecule has 36 heavy (non-hydrogen) atoms. The zero-order chi connectivity index (χ0) is 25.4. The number of rotatable bonds is 4. The van der Waals surface area contributed by atoms with E-state index in [1.807, 2.05) is 31.3 Å². The van der Waals surface area contributed by atoms with Gasteiger partial charge in [-0.1, -0.05) is 0 Å². The number of thiophene rings is 1. The Bertz CT molecular complexity index is 1480. The first-order chi connectivity index (χ1) is 17.4. The van der Waals surface area contributed by atoms with Crippen molar-refractivity contribution in [3.05, 3.63) is 70.4 Å². The van der Waals surface area contributed by atoms with E-state index in [4.69, 9.17) is 14.7 Å². The molecule has 184 valence electrons. The highest BCUT2D eigenvalue weighted by atomic mass is 32.1. The molecule has 4 heterocycles. The zero-order valence-electron chi connectivity index (χ0n) is 19.6. The van der Waals surface area contributed by atoms with E-state index < -0.39 is 23.8 Å². The van der Waals surface area contributed by atoms with Crippen LogP contribution in [0.5, 0.6) is 0 Å². The van der Waals surface area contributed by atoms with Crippen LogP contribution in [0.25, 0.3) is 27.3 Å². The number of amides is 1. The van der Waals surface area contributed by atoms with E-state index in [2.05, 4.69) is 4.98 Å². The van der Waals surface area contributed by atoms with E-state index >= 15 is 8.78 Å². The summed E-state index contributed by atoms with van der Waals surface area (Å²) in [5.74, 6) is -1.50. The van der Waals surface area contributed by atoms with Crippen molar-refractivity contribution in [1.82, 2.24) is 14.3 Å². The summed E-state index contributed by atoms with van der Waals surface area (Å²) in [4.78, 5) is 19.2. The number of nitrogens with zero attached hydrogens (tertiary/aromatic N) is 4. The SMILES string of the molecule is COC(=O)N1CCOC(Cc2c(-c3c(F)cc(-c4ccc(C#N)s4)cc3F)nc3cc(C)ccn23)C1. The normalized spacial score (nSPS) is 15.8. The van der Waals surface area contributed by atoms with Crippen LogP contribution in [0.15, 0.2) is 42.6 Å². The highest BCUT2D eigenvalue weighted by Gasteiger charge is 2.29. The Morgan fingerprint density at radius 3 is 2.75 bits per heavy atom. The highest BCUT2D eigenvalue weighted by molar-refractivity contribution is 7.16. The molecule has 10 heteroatoms. The number of halogens is 2. The number of hydrogen-bond acceptors (Lipinski definition) is 6. The predicted molar refractivity (Wildman–Crippen MR) is 131 cm³/mol. The maximum Gasteiger partial charge on any atom is 0.409 e. The van der Waals surface area contributed by atoms with Gasteiger partial charge in [0.15, 0.2) is 0 Å². The number of methoxy groups -OCH3 is 1. The van der Waals surface area contributed by atoms with E-state index in [0.717, 1.165) is 5.56 Å². The van der Waals surface area contributed by atoms with Crippen LogP contribution >= 0.6 is 11.3 Å². The Balaban J connectivity index is 1.58. The molecule has 0 N–H and O–H groups in total. The van der Waals surface area contributed by atoms with Crippen LogP contribution in [0, 0.1) is 29.9 Å². The first-order valence-electron chi connectivity index (χ1n) is 11.3. The summed E-state index contributed by atoms with van der Waals surface area (Å²) in [5.41, 5.74) is 2.40. The number of carbonyl (C=O) groups excluding carboxylic acids is 1. The highest BCUT2D eigenvalue weighted by Crippen LogP contribution is 2.36. The van der Waals surface area contributed by atoms with Crippen molar-refractivity contribution in [3.8, 4) is 27.8 Å². The van der Waals surface area contributed by atoms with Gasteiger partial charge in [-0.2, -0.15) is 5.26 Å². The van der Waals surface area contributed by atoms with Gasteiger partial charge in [0.05, 0.1) is 43.3 Å². The second-order valence-electron chi connectivity index (χ2n) is 8.54. The number of nitriles is 1. The van der Waals surface area contributed by atoms with Gasteiger partial charge in [-0.3, -0.25) is 0 Å². The smallest absolute Gasteiger partial charge is 0.409 e. The van der Waals surface area contributed by atoms with Gasteiger partial charge in [0.1, 0.15) is 28.2 Å². The van der Waals surface area contributed by atoms with Gasteiger partial charge >= 0.3 is 6.09 Å². The molecule has 1 unspecified atom stereocenters. The first-order valence-corrected chi connectivity index (χ1v) is 12.1. The fourth-order valence-corrected chi connectivity index (χ4v) is 5.23. The third-order valence-corrected chi connectivity index (χ3v) is 7.19. The fraction of sp³-hybridized carbons (Fsp3) is 0.269. The van der Waals surface area contributed by atoms with Gasteiger partial charge in [-0.05, 0) is 54.4 Å². The number of morpholine rings is 1. The van der Waals surface area contributed by atoms with Crippen molar-refractivity contribution >= 4 is 23.1 Å². The molecule has 1 fully saturated rings. The summed E-state index contributed by atoms with van der Waals surface area (Å²) in [5, 5.41) is 9.08. The van der Waals surface area contributed by atoms with Crippen molar-refractivity contribution in [2.24, 2.45) is 0 Å². The van der Waals surface area contributed by atoms with Gasteiger partial charge in [-0.25, -0.2) is 18.6 Å². The van der Waals surface area contributed by atoms with Crippen LogP contribution in [-0.4, -0.2) is 53.3 Å². The number of hydrogen-bond donors (Lipinski definition) is 0. The standard InChI is InChI=1S/C26H22F2N4O3S/c1-15-5-6-32-21(12-17-14-31(7-8-35-17)26(33)34-2)25(30-23(32)9-15)24-19(27)10-16(11-20(24)28)22-4-3-18(13-29)36-22/h3-6,9-11,17H,7-8,12,14H2,1-2H3. The topological polar surface area (TPSA) is 79.9 Å². The molecular formula is C26H22F2N4O3S. The van der Waals surface area contributed by atoms with E-state index in [1.54, 1.807) is 21.4 Å². The summed E-state index contributed by atoms with van der Waals surface area (Å²) in [6.07, 6.45) is 1.25. The molecule has 0 spiro atoms. The number of pyridine rings is 1. The van der Waals surface area contributed by atoms with E-state index in [1.165, 1.54) is 30.6 Å². The van der Waals surface area contributed by atoms with Gasteiger partial charge in [0.2, 0.25) is 0 Å². The lowest BCUT2D eigenvalue weighted by Crippen LogP contribution is -2.46. The fourth-order valence-electron chi connectivity index (χ4n) is 4.44. The lowest BCUT2D eigenvalue weighted by molar-refractivity contribution is -0.0241. The molecule has 5 rings (SSSR count). The molecule has 0 radical (unpaired) electrons. The minimum absolute atomic E-state index is 0.185. The largest absolute Gasteiger partial charge is 0.453 e. The lowest BCUT2D eigenvalue weighted by atomic mass is 10.0. The molecule has 1 amide bonds. The molecule has 1 aromatic carbocycles. The van der Waals surface area contributed by atoms with E-state index in [9.17, 15) is 4.79 Å². The molecule has 0 bridgehead atoms. The van der Waals surface area contributed by atoms with Gasteiger partial charge in [0, 0.05) is 24.0 Å². The number of aromatic nitrogens is 2. The predicted octanol–water partition coefficient (Wildman–Crippen LogP) is 5.20. The van der Waals surface area contributed by atoms with Crippen LogP contribution < -0.4 is 0 Å². The third kappa shape index (κ3) is 4.43.